The first kappa shape index (κ1) is 12.8. The number of aromatic nitrogens is 2. The van der Waals surface area contributed by atoms with E-state index in [0.29, 0.717) is 5.69 Å². The van der Waals surface area contributed by atoms with Crippen LogP contribution in [0, 0.1) is 13.8 Å². The second kappa shape index (κ2) is 4.56. The van der Waals surface area contributed by atoms with Crippen molar-refractivity contribution in [2.75, 3.05) is 0 Å². The van der Waals surface area contributed by atoms with Gasteiger partial charge in [-0.15, -0.1) is 0 Å². The highest BCUT2D eigenvalue weighted by Gasteiger charge is 2.12. The highest BCUT2D eigenvalue weighted by molar-refractivity contribution is 5.84. The Morgan fingerprint density at radius 2 is 1.95 bits per heavy atom. The van der Waals surface area contributed by atoms with Gasteiger partial charge < -0.3 is 10.1 Å². The molecule has 0 spiro atoms. The SMILES string of the molecule is Cc1cccc(-n2c(=O)cc(C(=O)O)[nH]c2=O)c1C. The van der Waals surface area contributed by atoms with Crippen molar-refractivity contribution in [3.05, 3.63) is 61.9 Å². The summed E-state index contributed by atoms with van der Waals surface area (Å²) in [6, 6.07) is 6.13. The van der Waals surface area contributed by atoms with Crippen LogP contribution in [0.1, 0.15) is 21.6 Å². The lowest BCUT2D eigenvalue weighted by molar-refractivity contribution is 0.0689. The van der Waals surface area contributed by atoms with Crippen LogP contribution in [0.3, 0.4) is 0 Å². The van der Waals surface area contributed by atoms with Gasteiger partial charge in [0.15, 0.2) is 0 Å². The number of carboxylic acid groups (broad SMARTS) is 1. The molecule has 1 heterocycles. The fraction of sp³-hybridized carbons (Fsp3) is 0.154. The van der Waals surface area contributed by atoms with E-state index >= 15 is 0 Å². The number of carboxylic acids is 1. The second-order valence-electron chi connectivity index (χ2n) is 4.19. The summed E-state index contributed by atoms with van der Waals surface area (Å²) in [5, 5.41) is 8.78. The van der Waals surface area contributed by atoms with Crippen molar-refractivity contribution < 1.29 is 9.90 Å². The largest absolute Gasteiger partial charge is 0.477 e. The van der Waals surface area contributed by atoms with Crippen LogP contribution in [-0.2, 0) is 0 Å². The zero-order chi connectivity index (χ0) is 14.2. The van der Waals surface area contributed by atoms with Crippen LogP contribution in [0.15, 0.2) is 33.9 Å². The molecule has 0 fully saturated rings. The number of hydrogen-bond donors (Lipinski definition) is 2. The molecule has 0 atom stereocenters. The molecule has 1 aromatic heterocycles. The van der Waals surface area contributed by atoms with E-state index in [-0.39, 0.29) is 0 Å². The standard InChI is InChI=1S/C13H12N2O4/c1-7-4-3-5-10(8(7)2)15-11(16)6-9(12(17)18)14-13(15)19/h3-6H,1-2H3,(H,14,19)(H,17,18). The van der Waals surface area contributed by atoms with Crippen LogP contribution < -0.4 is 11.2 Å². The molecular formula is C13H12N2O4. The van der Waals surface area contributed by atoms with Crippen molar-refractivity contribution in [3.8, 4) is 5.69 Å². The molecule has 0 aliphatic carbocycles. The van der Waals surface area contributed by atoms with Crippen molar-refractivity contribution in [3.63, 3.8) is 0 Å². The van der Waals surface area contributed by atoms with E-state index < -0.39 is 22.9 Å². The third-order valence-electron chi connectivity index (χ3n) is 2.98. The summed E-state index contributed by atoms with van der Waals surface area (Å²) in [6.07, 6.45) is 0. The predicted molar refractivity (Wildman–Crippen MR) is 69.1 cm³/mol. The molecule has 0 aliphatic rings. The summed E-state index contributed by atoms with van der Waals surface area (Å²) < 4.78 is 0.925. The Labute approximate surface area is 108 Å². The van der Waals surface area contributed by atoms with Crippen molar-refractivity contribution in [2.45, 2.75) is 13.8 Å². The Hall–Kier alpha value is -2.63. The molecule has 0 unspecified atom stereocenters. The zero-order valence-electron chi connectivity index (χ0n) is 10.4. The van der Waals surface area contributed by atoms with Gasteiger partial charge >= 0.3 is 11.7 Å². The van der Waals surface area contributed by atoms with Crippen molar-refractivity contribution >= 4 is 5.97 Å². The number of aryl methyl sites for hydroxylation is 1. The van der Waals surface area contributed by atoms with Crippen LogP contribution >= 0.6 is 0 Å². The fourth-order valence-corrected chi connectivity index (χ4v) is 1.82. The summed E-state index contributed by atoms with van der Waals surface area (Å²) in [5.74, 6) is -1.35. The average molecular weight is 260 g/mol. The van der Waals surface area contributed by atoms with Gasteiger partial charge in [0.05, 0.1) is 5.69 Å². The zero-order valence-corrected chi connectivity index (χ0v) is 10.4. The number of H-pyrrole nitrogens is 1. The summed E-state index contributed by atoms with van der Waals surface area (Å²) in [6.45, 7) is 3.66. The van der Waals surface area contributed by atoms with Crippen molar-refractivity contribution in [1.29, 1.82) is 0 Å². The van der Waals surface area contributed by atoms with E-state index in [9.17, 15) is 14.4 Å². The topological polar surface area (TPSA) is 92.2 Å². The lowest BCUT2D eigenvalue weighted by Gasteiger charge is -2.10. The molecule has 0 bridgehead atoms. The van der Waals surface area contributed by atoms with Gasteiger partial charge in [-0.3, -0.25) is 4.79 Å². The number of aromatic amines is 1. The highest BCUT2D eigenvalue weighted by atomic mass is 16.4. The number of aromatic carboxylic acids is 1. The molecular weight excluding hydrogens is 248 g/mol. The minimum atomic E-state index is -1.35. The Kier molecular flexibility index (Phi) is 3.08. The average Bonchev–Trinajstić information content (AvgIpc) is 2.33. The molecule has 0 radical (unpaired) electrons. The number of nitrogens with one attached hydrogen (secondary N) is 1. The monoisotopic (exact) mass is 260 g/mol. The fourth-order valence-electron chi connectivity index (χ4n) is 1.82. The van der Waals surface area contributed by atoms with Gasteiger partial charge in [-0.2, -0.15) is 0 Å². The first-order valence-corrected chi connectivity index (χ1v) is 5.58. The molecule has 2 aromatic rings. The molecule has 1 aromatic carbocycles. The van der Waals surface area contributed by atoms with Gasteiger partial charge in [-0.25, -0.2) is 14.2 Å². The van der Waals surface area contributed by atoms with Crippen LogP contribution in [0.5, 0.6) is 0 Å². The molecule has 6 heteroatoms. The third-order valence-corrected chi connectivity index (χ3v) is 2.98. The molecule has 0 saturated carbocycles. The Balaban J connectivity index is 2.78. The van der Waals surface area contributed by atoms with Gasteiger partial charge in [-0.1, -0.05) is 12.1 Å². The normalized spacial score (nSPS) is 10.4. The first-order valence-electron chi connectivity index (χ1n) is 5.58. The molecule has 2 rings (SSSR count). The molecule has 0 aliphatic heterocycles. The molecule has 2 N–H and O–H groups in total. The Bertz CT molecular complexity index is 740. The molecule has 0 amide bonds. The van der Waals surface area contributed by atoms with Gasteiger partial charge in [0, 0.05) is 6.07 Å². The number of carbonyl (C=O) groups is 1. The molecule has 0 saturated heterocycles. The lowest BCUT2D eigenvalue weighted by atomic mass is 10.1. The van der Waals surface area contributed by atoms with Gasteiger partial charge in [0.25, 0.3) is 5.56 Å². The van der Waals surface area contributed by atoms with Crippen molar-refractivity contribution in [2.24, 2.45) is 0 Å². The maximum Gasteiger partial charge on any atom is 0.352 e. The van der Waals surface area contributed by atoms with Crippen LogP contribution in [0.2, 0.25) is 0 Å². The second-order valence-corrected chi connectivity index (χ2v) is 4.19. The minimum absolute atomic E-state index is 0.420. The molecule has 6 nitrogen and oxygen atoms in total. The summed E-state index contributed by atoms with van der Waals surface area (Å²) in [5.41, 5.74) is 0.317. The van der Waals surface area contributed by atoms with Gasteiger partial charge in [0.2, 0.25) is 0 Å². The van der Waals surface area contributed by atoms with Gasteiger partial charge in [-0.05, 0) is 31.0 Å². The van der Waals surface area contributed by atoms with E-state index in [1.165, 1.54) is 0 Å². The van der Waals surface area contributed by atoms with Crippen LogP contribution in [-0.4, -0.2) is 20.6 Å². The van der Waals surface area contributed by atoms with E-state index in [1.807, 2.05) is 13.0 Å². The molecule has 98 valence electrons. The number of hydrogen-bond acceptors (Lipinski definition) is 3. The quantitative estimate of drug-likeness (QED) is 0.836. The first-order chi connectivity index (χ1) is 8.91. The summed E-state index contributed by atoms with van der Waals surface area (Å²) >= 11 is 0. The smallest absolute Gasteiger partial charge is 0.352 e. The highest BCUT2D eigenvalue weighted by Crippen LogP contribution is 2.14. The minimum Gasteiger partial charge on any atom is -0.477 e. The number of rotatable bonds is 2. The van der Waals surface area contributed by atoms with E-state index in [1.54, 1.807) is 19.1 Å². The Morgan fingerprint density at radius 3 is 2.53 bits per heavy atom. The maximum absolute atomic E-state index is 11.9. The lowest BCUT2D eigenvalue weighted by Crippen LogP contribution is -2.35. The summed E-state index contributed by atoms with van der Waals surface area (Å²) in [4.78, 5) is 36.7. The number of nitrogens with zero attached hydrogens (tertiary/aromatic N) is 1. The van der Waals surface area contributed by atoms with E-state index in [4.69, 9.17) is 5.11 Å². The number of benzene rings is 1. The Morgan fingerprint density at radius 1 is 1.26 bits per heavy atom. The van der Waals surface area contributed by atoms with E-state index in [0.717, 1.165) is 21.8 Å². The van der Waals surface area contributed by atoms with Crippen LogP contribution in [0.4, 0.5) is 0 Å². The summed E-state index contributed by atoms with van der Waals surface area (Å²) in [7, 11) is 0. The van der Waals surface area contributed by atoms with Gasteiger partial charge in [0.1, 0.15) is 5.69 Å². The third kappa shape index (κ3) is 2.20. The maximum atomic E-state index is 11.9. The predicted octanol–water partition coefficient (Wildman–Crippen LogP) is 0.841. The van der Waals surface area contributed by atoms with Crippen molar-refractivity contribution in [1.82, 2.24) is 9.55 Å². The van der Waals surface area contributed by atoms with E-state index in [2.05, 4.69) is 4.98 Å². The molecule has 19 heavy (non-hydrogen) atoms. The van der Waals surface area contributed by atoms with Crippen LogP contribution in [0.25, 0.3) is 5.69 Å².